The van der Waals surface area contributed by atoms with Crippen LogP contribution in [0.4, 0.5) is 5.69 Å². The molecule has 1 saturated heterocycles. The maximum atomic E-state index is 12.5. The molecule has 1 unspecified atom stereocenters. The van der Waals surface area contributed by atoms with Crippen molar-refractivity contribution in [2.75, 3.05) is 11.3 Å². The number of rotatable bonds is 4. The van der Waals surface area contributed by atoms with Crippen LogP contribution >= 0.6 is 11.6 Å². The summed E-state index contributed by atoms with van der Waals surface area (Å²) in [5.41, 5.74) is 1.96. The van der Waals surface area contributed by atoms with Crippen LogP contribution in [0, 0.1) is 0 Å². The summed E-state index contributed by atoms with van der Waals surface area (Å²) in [5, 5.41) is 0.179. The number of fused-ring (bicyclic) bond motifs is 1. The summed E-state index contributed by atoms with van der Waals surface area (Å²) < 4.78 is 33.2. The summed E-state index contributed by atoms with van der Waals surface area (Å²) in [6.45, 7) is 0.741. The van der Waals surface area contributed by atoms with Crippen molar-refractivity contribution in [1.29, 1.82) is 0 Å². The number of imidazole rings is 1. The summed E-state index contributed by atoms with van der Waals surface area (Å²) in [4.78, 5) is 7.79. The van der Waals surface area contributed by atoms with Crippen molar-refractivity contribution in [2.45, 2.75) is 23.8 Å². The third-order valence-electron chi connectivity index (χ3n) is 4.11. The average molecular weight is 378 g/mol. The lowest BCUT2D eigenvalue weighted by atomic mass is 10.2. The molecular formula is C17H16ClN3O3S. The Morgan fingerprint density at radius 1 is 1.24 bits per heavy atom. The predicted molar refractivity (Wildman–Crippen MR) is 96.3 cm³/mol. The number of nitrogens with one attached hydrogen (secondary N) is 2. The Hall–Kier alpha value is -2.09. The van der Waals surface area contributed by atoms with E-state index in [2.05, 4.69) is 14.7 Å². The van der Waals surface area contributed by atoms with Crippen molar-refractivity contribution in [3.8, 4) is 0 Å². The first-order chi connectivity index (χ1) is 12.0. The molecule has 0 aliphatic carbocycles. The van der Waals surface area contributed by atoms with Gasteiger partial charge in [-0.3, -0.25) is 4.72 Å². The minimum Gasteiger partial charge on any atom is -0.370 e. The highest BCUT2D eigenvalue weighted by molar-refractivity contribution is 7.92. The molecule has 0 amide bonds. The van der Waals surface area contributed by atoms with Gasteiger partial charge in [-0.05, 0) is 43.2 Å². The van der Waals surface area contributed by atoms with Crippen LogP contribution in [0.25, 0.3) is 11.0 Å². The molecule has 1 aliphatic rings. The Balaban J connectivity index is 1.64. The van der Waals surface area contributed by atoms with Gasteiger partial charge in [0, 0.05) is 6.61 Å². The smallest absolute Gasteiger partial charge is 0.263 e. The first kappa shape index (κ1) is 16.4. The van der Waals surface area contributed by atoms with Crippen molar-refractivity contribution in [3.63, 3.8) is 0 Å². The van der Waals surface area contributed by atoms with Crippen molar-refractivity contribution in [3.05, 3.63) is 53.3 Å². The number of benzene rings is 2. The Kier molecular flexibility index (Phi) is 4.15. The molecule has 1 aliphatic heterocycles. The molecule has 130 valence electrons. The number of hydrogen-bond acceptors (Lipinski definition) is 4. The number of hydrogen-bond donors (Lipinski definition) is 2. The predicted octanol–water partition coefficient (Wildman–Crippen LogP) is 3.87. The van der Waals surface area contributed by atoms with E-state index in [4.69, 9.17) is 16.3 Å². The van der Waals surface area contributed by atoms with Gasteiger partial charge in [-0.1, -0.05) is 23.7 Å². The standard InChI is InChI=1S/C17H16ClN3O3S/c18-12-4-1-2-6-16(12)25(22,23)21-11-7-8-13-14(10-11)20-17(19-13)15-5-3-9-24-15/h1-2,4,6-8,10,15,21H,3,5,9H2,(H,19,20). The number of ether oxygens (including phenoxy) is 1. The highest BCUT2D eigenvalue weighted by Gasteiger charge is 2.22. The van der Waals surface area contributed by atoms with Gasteiger partial charge in [0.05, 0.1) is 21.7 Å². The molecule has 2 heterocycles. The Morgan fingerprint density at radius 3 is 2.84 bits per heavy atom. The third kappa shape index (κ3) is 3.22. The zero-order chi connectivity index (χ0) is 17.4. The lowest BCUT2D eigenvalue weighted by Crippen LogP contribution is -2.13. The van der Waals surface area contributed by atoms with Gasteiger partial charge in [-0.2, -0.15) is 0 Å². The molecule has 0 spiro atoms. The van der Waals surface area contributed by atoms with Crippen LogP contribution in [0.5, 0.6) is 0 Å². The summed E-state index contributed by atoms with van der Waals surface area (Å²) in [5.74, 6) is 0.776. The second-order valence-electron chi connectivity index (χ2n) is 5.89. The highest BCUT2D eigenvalue weighted by atomic mass is 35.5. The maximum Gasteiger partial charge on any atom is 0.263 e. The lowest BCUT2D eigenvalue weighted by molar-refractivity contribution is 0.106. The zero-order valence-corrected chi connectivity index (χ0v) is 14.8. The van der Waals surface area contributed by atoms with E-state index < -0.39 is 10.0 Å². The normalized spacial score (nSPS) is 17.9. The summed E-state index contributed by atoms with van der Waals surface area (Å²) in [7, 11) is -3.76. The van der Waals surface area contributed by atoms with E-state index in [0.29, 0.717) is 5.69 Å². The molecule has 1 aromatic heterocycles. The van der Waals surface area contributed by atoms with Crippen LogP contribution in [0.2, 0.25) is 5.02 Å². The molecule has 8 heteroatoms. The lowest BCUT2D eigenvalue weighted by Gasteiger charge is -2.09. The molecular weight excluding hydrogens is 362 g/mol. The highest BCUT2D eigenvalue weighted by Crippen LogP contribution is 2.29. The molecule has 0 bridgehead atoms. The number of H-pyrrole nitrogens is 1. The van der Waals surface area contributed by atoms with Crippen LogP contribution in [0.3, 0.4) is 0 Å². The fourth-order valence-corrected chi connectivity index (χ4v) is 4.48. The van der Waals surface area contributed by atoms with Crippen LogP contribution in [0.15, 0.2) is 47.4 Å². The topological polar surface area (TPSA) is 84.1 Å². The maximum absolute atomic E-state index is 12.5. The Bertz CT molecular complexity index is 1030. The molecule has 6 nitrogen and oxygen atoms in total. The van der Waals surface area contributed by atoms with Crippen LogP contribution in [-0.4, -0.2) is 25.0 Å². The molecule has 1 atom stereocenters. The molecule has 2 N–H and O–H groups in total. The van der Waals surface area contributed by atoms with Crippen molar-refractivity contribution in [1.82, 2.24) is 9.97 Å². The number of nitrogens with zero attached hydrogens (tertiary/aromatic N) is 1. The first-order valence-corrected chi connectivity index (χ1v) is 9.78. The second kappa shape index (κ2) is 6.33. The number of sulfonamides is 1. The zero-order valence-electron chi connectivity index (χ0n) is 13.2. The largest absolute Gasteiger partial charge is 0.370 e. The van der Waals surface area contributed by atoms with E-state index in [1.54, 1.807) is 36.4 Å². The van der Waals surface area contributed by atoms with Gasteiger partial charge in [0.2, 0.25) is 0 Å². The van der Waals surface area contributed by atoms with Gasteiger partial charge in [0.15, 0.2) is 0 Å². The van der Waals surface area contributed by atoms with E-state index in [-0.39, 0.29) is 16.0 Å². The fourth-order valence-electron chi connectivity index (χ4n) is 2.91. The van der Waals surface area contributed by atoms with E-state index >= 15 is 0 Å². The van der Waals surface area contributed by atoms with Crippen LogP contribution in [0.1, 0.15) is 24.8 Å². The molecule has 1 fully saturated rings. The number of halogens is 1. The Morgan fingerprint density at radius 2 is 2.08 bits per heavy atom. The SMILES string of the molecule is O=S(=O)(Nc1ccc2nc(C3CCCO3)[nH]c2c1)c1ccccc1Cl. The summed E-state index contributed by atoms with van der Waals surface area (Å²) >= 11 is 6.00. The third-order valence-corrected chi connectivity index (χ3v) is 5.99. The van der Waals surface area contributed by atoms with Gasteiger partial charge in [0.25, 0.3) is 10.0 Å². The molecule has 25 heavy (non-hydrogen) atoms. The summed E-state index contributed by atoms with van der Waals surface area (Å²) in [6, 6.07) is 11.5. The molecule has 0 radical (unpaired) electrons. The van der Waals surface area contributed by atoms with Gasteiger partial charge in [-0.15, -0.1) is 0 Å². The van der Waals surface area contributed by atoms with Crippen molar-refractivity contribution < 1.29 is 13.2 Å². The van der Waals surface area contributed by atoms with Crippen LogP contribution < -0.4 is 4.72 Å². The van der Waals surface area contributed by atoms with E-state index in [1.165, 1.54) is 6.07 Å². The molecule has 2 aromatic carbocycles. The van der Waals surface area contributed by atoms with Crippen molar-refractivity contribution in [2.24, 2.45) is 0 Å². The monoisotopic (exact) mass is 377 g/mol. The molecule has 4 rings (SSSR count). The minimum absolute atomic E-state index is 0.0179. The summed E-state index contributed by atoms with van der Waals surface area (Å²) in [6.07, 6.45) is 1.94. The number of aromatic amines is 1. The number of anilines is 1. The van der Waals surface area contributed by atoms with Crippen molar-refractivity contribution >= 4 is 38.3 Å². The molecule has 3 aromatic rings. The van der Waals surface area contributed by atoms with E-state index in [9.17, 15) is 8.42 Å². The van der Waals surface area contributed by atoms with Gasteiger partial charge in [-0.25, -0.2) is 13.4 Å². The average Bonchev–Trinajstić information content (AvgIpc) is 3.23. The number of aromatic nitrogens is 2. The second-order valence-corrected chi connectivity index (χ2v) is 7.95. The minimum atomic E-state index is -3.76. The Labute approximate surface area is 150 Å². The first-order valence-electron chi connectivity index (χ1n) is 7.91. The quantitative estimate of drug-likeness (QED) is 0.722. The molecule has 0 saturated carbocycles. The van der Waals surface area contributed by atoms with Gasteiger partial charge < -0.3 is 9.72 Å². The van der Waals surface area contributed by atoms with E-state index in [1.807, 2.05) is 0 Å². The van der Waals surface area contributed by atoms with Gasteiger partial charge in [0.1, 0.15) is 16.8 Å². The fraction of sp³-hybridized carbons (Fsp3) is 0.235. The van der Waals surface area contributed by atoms with E-state index in [0.717, 1.165) is 36.3 Å². The van der Waals surface area contributed by atoms with Crippen LogP contribution in [-0.2, 0) is 14.8 Å². The van der Waals surface area contributed by atoms with Gasteiger partial charge >= 0.3 is 0 Å².